The zero-order valence-electron chi connectivity index (χ0n) is 15.4. The number of pyridine rings is 2. The maximum Gasteiger partial charge on any atom is 0.285 e. The average Bonchev–Trinajstić information content (AvgIpc) is 3.22. The Balaban J connectivity index is 1.25. The molecule has 3 aliphatic rings. The Morgan fingerprint density at radius 3 is 2.52 bits per heavy atom. The fourth-order valence-corrected chi connectivity index (χ4v) is 4.44. The number of ether oxygens (including phenoxy) is 3. The molecule has 0 saturated carbocycles. The van der Waals surface area contributed by atoms with E-state index < -0.39 is 6.29 Å². The van der Waals surface area contributed by atoms with Crippen LogP contribution in [-0.4, -0.2) is 28.9 Å². The third kappa shape index (κ3) is 3.00. The van der Waals surface area contributed by atoms with E-state index in [1.807, 2.05) is 48.2 Å². The van der Waals surface area contributed by atoms with Crippen molar-refractivity contribution in [3.8, 4) is 17.2 Å². The lowest BCUT2D eigenvalue weighted by Crippen LogP contribution is -2.26. The monoisotopic (exact) mass is 406 g/mol. The molecule has 29 heavy (non-hydrogen) atoms. The number of fused-ring (bicyclic) bond motifs is 3. The molecule has 7 nitrogen and oxygen atoms in total. The Bertz CT molecular complexity index is 1070. The van der Waals surface area contributed by atoms with E-state index in [9.17, 15) is 0 Å². The molecule has 0 aliphatic carbocycles. The van der Waals surface area contributed by atoms with Gasteiger partial charge in [0.25, 0.3) is 6.29 Å². The van der Waals surface area contributed by atoms with Crippen molar-refractivity contribution in [3.05, 3.63) is 59.9 Å². The van der Waals surface area contributed by atoms with Crippen LogP contribution in [0.2, 0.25) is 0 Å². The molecule has 3 aromatic rings. The Morgan fingerprint density at radius 1 is 0.862 bits per heavy atom. The van der Waals surface area contributed by atoms with E-state index in [4.69, 9.17) is 24.2 Å². The van der Waals surface area contributed by atoms with Crippen molar-refractivity contribution >= 4 is 23.4 Å². The fourth-order valence-electron chi connectivity index (χ4n) is 3.60. The van der Waals surface area contributed by atoms with Gasteiger partial charge in [-0.15, -0.1) is 11.8 Å². The van der Waals surface area contributed by atoms with Gasteiger partial charge in [-0.3, -0.25) is 0 Å². The summed E-state index contributed by atoms with van der Waals surface area (Å²) in [6.45, 7) is 1.43. The smallest absolute Gasteiger partial charge is 0.285 e. The van der Waals surface area contributed by atoms with Crippen LogP contribution in [0.15, 0.2) is 53.4 Å². The van der Waals surface area contributed by atoms with Gasteiger partial charge in [0.05, 0.1) is 5.69 Å². The van der Waals surface area contributed by atoms with Crippen molar-refractivity contribution < 1.29 is 14.2 Å². The van der Waals surface area contributed by atoms with Crippen LogP contribution in [0.5, 0.6) is 17.2 Å². The predicted octanol–water partition coefficient (Wildman–Crippen LogP) is 4.01. The largest absolute Gasteiger partial charge is 0.487 e. The number of rotatable bonds is 2. The van der Waals surface area contributed by atoms with Gasteiger partial charge in [-0.2, -0.15) is 0 Å². The molecular weight excluding hydrogens is 388 g/mol. The van der Waals surface area contributed by atoms with E-state index in [2.05, 4.69) is 22.8 Å². The van der Waals surface area contributed by atoms with Crippen molar-refractivity contribution in [1.82, 2.24) is 9.97 Å². The second-order valence-corrected chi connectivity index (χ2v) is 8.10. The number of nitrogens with zero attached hydrogens (tertiary/aromatic N) is 2. The van der Waals surface area contributed by atoms with E-state index in [1.165, 1.54) is 4.90 Å². The topological polar surface area (TPSA) is 77.5 Å². The summed E-state index contributed by atoms with van der Waals surface area (Å²) in [5.41, 5.74) is 1.62. The molecule has 0 spiro atoms. The van der Waals surface area contributed by atoms with Crippen LogP contribution in [0.25, 0.3) is 0 Å². The molecule has 0 fully saturated rings. The average molecular weight is 406 g/mol. The zero-order valence-corrected chi connectivity index (χ0v) is 16.2. The first kappa shape index (κ1) is 16.8. The summed E-state index contributed by atoms with van der Waals surface area (Å²) in [5.74, 6) is 4.84. The first-order valence-electron chi connectivity index (χ1n) is 9.54. The first-order chi connectivity index (χ1) is 14.3. The normalized spacial score (nSPS) is 19.4. The van der Waals surface area contributed by atoms with Crippen molar-refractivity contribution in [2.45, 2.75) is 17.2 Å². The van der Waals surface area contributed by atoms with Gasteiger partial charge in [0.1, 0.15) is 24.2 Å². The molecular formula is C21H18N4O3S. The number of hydrogen-bond donors (Lipinski definition) is 2. The summed E-state index contributed by atoms with van der Waals surface area (Å²) >= 11 is 1.83. The van der Waals surface area contributed by atoms with Gasteiger partial charge in [0.2, 0.25) is 0 Å². The van der Waals surface area contributed by atoms with E-state index in [-0.39, 0.29) is 6.04 Å². The summed E-state index contributed by atoms with van der Waals surface area (Å²) in [5, 5.41) is 6.83. The molecule has 3 aliphatic heterocycles. The van der Waals surface area contributed by atoms with Crippen LogP contribution >= 0.6 is 11.8 Å². The highest BCUT2D eigenvalue weighted by Crippen LogP contribution is 2.41. The zero-order chi connectivity index (χ0) is 19.2. The molecule has 5 heterocycles. The Labute approximate surface area is 171 Å². The van der Waals surface area contributed by atoms with Gasteiger partial charge in [0.15, 0.2) is 23.1 Å². The number of para-hydroxylation sites is 2. The van der Waals surface area contributed by atoms with Crippen molar-refractivity contribution in [3.63, 3.8) is 0 Å². The fraction of sp³-hybridized carbons (Fsp3) is 0.238. The van der Waals surface area contributed by atoms with Crippen molar-refractivity contribution in [2.24, 2.45) is 0 Å². The van der Waals surface area contributed by atoms with Crippen LogP contribution in [0.4, 0.5) is 11.6 Å². The van der Waals surface area contributed by atoms with E-state index >= 15 is 0 Å². The lowest BCUT2D eigenvalue weighted by atomic mass is 10.1. The highest BCUT2D eigenvalue weighted by molar-refractivity contribution is 7.99. The van der Waals surface area contributed by atoms with Gasteiger partial charge in [-0.05, 0) is 36.4 Å². The molecule has 2 N–H and O–H groups in total. The van der Waals surface area contributed by atoms with Crippen molar-refractivity contribution in [2.75, 3.05) is 29.5 Å². The molecule has 0 bridgehead atoms. The molecule has 0 saturated heterocycles. The van der Waals surface area contributed by atoms with Crippen LogP contribution in [0.3, 0.4) is 0 Å². The number of anilines is 2. The van der Waals surface area contributed by atoms with Gasteiger partial charge in [-0.25, -0.2) is 9.97 Å². The standard InChI is InChI=1S/C21H18N4O3S/c1-2-4-16-15(3-1)27-21(28-16)13-5-7-17-19(24-13)25-14(11-26-17)12-6-8-18-20(23-12)22-9-10-29-18/h1-8,14,21H,9-11H2,(H,22,23)(H,24,25). The highest BCUT2D eigenvalue weighted by Gasteiger charge is 2.29. The molecule has 1 aromatic carbocycles. The van der Waals surface area contributed by atoms with Gasteiger partial charge < -0.3 is 24.8 Å². The minimum absolute atomic E-state index is 0.0770. The van der Waals surface area contributed by atoms with E-state index in [0.29, 0.717) is 23.9 Å². The number of hydrogen-bond acceptors (Lipinski definition) is 8. The quantitative estimate of drug-likeness (QED) is 0.661. The SMILES string of the molecule is c1ccc2c(c1)OC(c1ccc3c(n1)NC(c1ccc4c(n1)NCCS4)CO3)O2. The van der Waals surface area contributed by atoms with Crippen molar-refractivity contribution in [1.29, 1.82) is 0 Å². The minimum Gasteiger partial charge on any atom is -0.487 e. The molecule has 1 atom stereocenters. The number of aromatic nitrogens is 2. The minimum atomic E-state index is -0.567. The summed E-state index contributed by atoms with van der Waals surface area (Å²) in [6, 6.07) is 15.5. The Hall–Kier alpha value is -3.13. The van der Waals surface area contributed by atoms with Gasteiger partial charge >= 0.3 is 0 Å². The first-order valence-corrected chi connectivity index (χ1v) is 10.5. The maximum atomic E-state index is 5.94. The number of thioether (sulfide) groups is 1. The molecule has 0 amide bonds. The summed E-state index contributed by atoms with van der Waals surface area (Å²) in [6.07, 6.45) is -0.567. The number of nitrogens with one attached hydrogen (secondary N) is 2. The Morgan fingerprint density at radius 2 is 1.66 bits per heavy atom. The molecule has 8 heteroatoms. The molecule has 146 valence electrons. The lowest BCUT2D eigenvalue weighted by Gasteiger charge is -2.28. The third-order valence-corrected chi connectivity index (χ3v) is 6.09. The maximum absolute atomic E-state index is 5.94. The highest BCUT2D eigenvalue weighted by atomic mass is 32.2. The molecule has 0 radical (unpaired) electrons. The Kier molecular flexibility index (Phi) is 3.90. The lowest BCUT2D eigenvalue weighted by molar-refractivity contribution is 0.0447. The van der Waals surface area contributed by atoms with Crippen LogP contribution in [0, 0.1) is 0 Å². The summed E-state index contributed by atoms with van der Waals surface area (Å²) in [7, 11) is 0. The van der Waals surface area contributed by atoms with Crippen LogP contribution in [-0.2, 0) is 0 Å². The summed E-state index contributed by atoms with van der Waals surface area (Å²) < 4.78 is 17.7. The predicted molar refractivity (Wildman–Crippen MR) is 110 cm³/mol. The molecule has 6 rings (SSSR count). The number of benzene rings is 1. The van der Waals surface area contributed by atoms with Crippen LogP contribution in [0.1, 0.15) is 23.7 Å². The van der Waals surface area contributed by atoms with E-state index in [1.54, 1.807) is 0 Å². The third-order valence-electron chi connectivity index (χ3n) is 5.04. The van der Waals surface area contributed by atoms with Crippen LogP contribution < -0.4 is 24.8 Å². The summed E-state index contributed by atoms with van der Waals surface area (Å²) in [4.78, 5) is 10.7. The second-order valence-electron chi connectivity index (χ2n) is 6.96. The van der Waals surface area contributed by atoms with Gasteiger partial charge in [-0.1, -0.05) is 12.1 Å². The van der Waals surface area contributed by atoms with E-state index in [0.717, 1.165) is 35.3 Å². The second kappa shape index (κ2) is 6.73. The van der Waals surface area contributed by atoms with Gasteiger partial charge in [0, 0.05) is 17.2 Å². The molecule has 2 aromatic heterocycles. The molecule has 1 unspecified atom stereocenters.